The summed E-state index contributed by atoms with van der Waals surface area (Å²) in [5.41, 5.74) is 1.06. The standard InChI is InChI=1S/C14H16Cl2N4/c1-20(2)14-18-8-6-13(19-14)17-7-5-10-3-4-11(15)9-12(10)16/h3-4,6,8-9H,5,7H2,1-2H3,(H,17,18,19). The van der Waals surface area contributed by atoms with Crippen molar-refractivity contribution in [3.63, 3.8) is 0 Å². The molecule has 2 rings (SSSR count). The predicted molar refractivity (Wildman–Crippen MR) is 85.0 cm³/mol. The van der Waals surface area contributed by atoms with Crippen molar-refractivity contribution in [2.45, 2.75) is 6.42 Å². The van der Waals surface area contributed by atoms with Gasteiger partial charge in [0.2, 0.25) is 5.95 Å². The molecule has 0 aliphatic rings. The molecule has 0 fully saturated rings. The van der Waals surface area contributed by atoms with Crippen molar-refractivity contribution < 1.29 is 0 Å². The average Bonchev–Trinajstić information content (AvgIpc) is 2.41. The molecular formula is C14H16Cl2N4. The molecule has 1 aromatic carbocycles. The molecule has 0 spiro atoms. The van der Waals surface area contributed by atoms with E-state index in [0.29, 0.717) is 16.0 Å². The van der Waals surface area contributed by atoms with Crippen molar-refractivity contribution in [1.82, 2.24) is 9.97 Å². The lowest BCUT2D eigenvalue weighted by Crippen LogP contribution is -2.14. The van der Waals surface area contributed by atoms with Crippen LogP contribution in [-0.4, -0.2) is 30.6 Å². The van der Waals surface area contributed by atoms with E-state index in [-0.39, 0.29) is 0 Å². The first-order chi connectivity index (χ1) is 9.56. The lowest BCUT2D eigenvalue weighted by Gasteiger charge is -2.12. The van der Waals surface area contributed by atoms with E-state index in [9.17, 15) is 0 Å². The van der Waals surface area contributed by atoms with Gasteiger partial charge in [0.25, 0.3) is 0 Å². The molecule has 2 aromatic rings. The second-order valence-corrected chi connectivity index (χ2v) is 5.39. The third-order valence-corrected chi connectivity index (χ3v) is 3.35. The van der Waals surface area contributed by atoms with Gasteiger partial charge in [-0.2, -0.15) is 4.98 Å². The van der Waals surface area contributed by atoms with Crippen LogP contribution in [0.15, 0.2) is 30.5 Å². The summed E-state index contributed by atoms with van der Waals surface area (Å²) in [6.45, 7) is 0.741. The summed E-state index contributed by atoms with van der Waals surface area (Å²) >= 11 is 12.0. The van der Waals surface area contributed by atoms with Gasteiger partial charge in [-0.3, -0.25) is 0 Å². The summed E-state index contributed by atoms with van der Waals surface area (Å²) in [6, 6.07) is 7.39. The van der Waals surface area contributed by atoms with E-state index < -0.39 is 0 Å². The van der Waals surface area contributed by atoms with Gasteiger partial charge in [0, 0.05) is 36.9 Å². The average molecular weight is 311 g/mol. The zero-order valence-corrected chi connectivity index (χ0v) is 12.9. The Morgan fingerprint density at radius 2 is 2.00 bits per heavy atom. The van der Waals surface area contributed by atoms with Crippen LogP contribution >= 0.6 is 23.2 Å². The van der Waals surface area contributed by atoms with Crippen LogP contribution in [0.1, 0.15) is 5.56 Å². The SMILES string of the molecule is CN(C)c1nccc(NCCc2ccc(Cl)cc2Cl)n1. The van der Waals surface area contributed by atoms with Gasteiger partial charge in [0.05, 0.1) is 0 Å². The Balaban J connectivity index is 1.94. The second-order valence-electron chi connectivity index (χ2n) is 4.55. The Morgan fingerprint density at radius 3 is 2.70 bits per heavy atom. The van der Waals surface area contributed by atoms with E-state index in [1.165, 1.54) is 0 Å². The molecule has 4 nitrogen and oxygen atoms in total. The fraction of sp³-hybridized carbons (Fsp3) is 0.286. The fourth-order valence-electron chi connectivity index (χ4n) is 1.71. The number of hydrogen-bond donors (Lipinski definition) is 1. The molecule has 1 N–H and O–H groups in total. The lowest BCUT2D eigenvalue weighted by atomic mass is 10.1. The maximum absolute atomic E-state index is 6.13. The zero-order chi connectivity index (χ0) is 14.5. The van der Waals surface area contributed by atoms with E-state index in [1.54, 1.807) is 12.3 Å². The summed E-state index contributed by atoms with van der Waals surface area (Å²) in [7, 11) is 3.82. The van der Waals surface area contributed by atoms with Crippen LogP contribution in [0, 0.1) is 0 Å². The number of hydrogen-bond acceptors (Lipinski definition) is 4. The van der Waals surface area contributed by atoms with Gasteiger partial charge in [-0.1, -0.05) is 29.3 Å². The maximum atomic E-state index is 6.13. The summed E-state index contributed by atoms with van der Waals surface area (Å²) in [5, 5.41) is 4.60. The third-order valence-electron chi connectivity index (χ3n) is 2.76. The molecule has 0 aliphatic carbocycles. The van der Waals surface area contributed by atoms with Crippen LogP contribution in [0.5, 0.6) is 0 Å². The third kappa shape index (κ3) is 3.99. The van der Waals surface area contributed by atoms with Crippen LogP contribution in [0.25, 0.3) is 0 Å². The van der Waals surface area contributed by atoms with E-state index >= 15 is 0 Å². The molecule has 1 aromatic heterocycles. The molecule has 0 aliphatic heterocycles. The van der Waals surface area contributed by atoms with Gasteiger partial charge in [0.1, 0.15) is 5.82 Å². The van der Waals surface area contributed by atoms with Crippen LogP contribution in [0.4, 0.5) is 11.8 Å². The minimum atomic E-state index is 0.651. The van der Waals surface area contributed by atoms with E-state index in [0.717, 1.165) is 24.3 Å². The van der Waals surface area contributed by atoms with Crippen molar-refractivity contribution in [3.8, 4) is 0 Å². The molecule has 6 heteroatoms. The number of nitrogens with one attached hydrogen (secondary N) is 1. The molecular weight excluding hydrogens is 295 g/mol. The highest BCUT2D eigenvalue weighted by Crippen LogP contribution is 2.21. The van der Waals surface area contributed by atoms with Crippen LogP contribution < -0.4 is 10.2 Å². The highest BCUT2D eigenvalue weighted by molar-refractivity contribution is 6.35. The van der Waals surface area contributed by atoms with Crippen molar-refractivity contribution in [3.05, 3.63) is 46.1 Å². The number of benzene rings is 1. The van der Waals surface area contributed by atoms with Crippen molar-refractivity contribution in [2.24, 2.45) is 0 Å². The van der Waals surface area contributed by atoms with Gasteiger partial charge in [-0.05, 0) is 30.2 Å². The molecule has 20 heavy (non-hydrogen) atoms. The minimum Gasteiger partial charge on any atom is -0.370 e. The van der Waals surface area contributed by atoms with E-state index in [2.05, 4.69) is 15.3 Å². The summed E-state index contributed by atoms with van der Waals surface area (Å²) in [6.07, 6.45) is 2.54. The summed E-state index contributed by atoms with van der Waals surface area (Å²) in [5.74, 6) is 1.48. The van der Waals surface area contributed by atoms with Crippen molar-refractivity contribution in [2.75, 3.05) is 30.9 Å². The molecule has 0 saturated heterocycles. The Hall–Kier alpha value is -1.52. The first kappa shape index (κ1) is 14.9. The Bertz CT molecular complexity index is 587. The van der Waals surface area contributed by atoms with Gasteiger partial charge in [0.15, 0.2) is 0 Å². The lowest BCUT2D eigenvalue weighted by molar-refractivity contribution is 0.969. The predicted octanol–water partition coefficient (Wildman–Crippen LogP) is 3.50. The molecule has 106 valence electrons. The zero-order valence-electron chi connectivity index (χ0n) is 11.4. The number of nitrogens with zero attached hydrogens (tertiary/aromatic N) is 3. The normalized spacial score (nSPS) is 10.4. The van der Waals surface area contributed by atoms with Gasteiger partial charge >= 0.3 is 0 Å². The van der Waals surface area contributed by atoms with Gasteiger partial charge in [-0.15, -0.1) is 0 Å². The summed E-state index contributed by atoms with van der Waals surface area (Å²) < 4.78 is 0. The van der Waals surface area contributed by atoms with Crippen LogP contribution in [0.3, 0.4) is 0 Å². The Morgan fingerprint density at radius 1 is 1.20 bits per heavy atom. The highest BCUT2D eigenvalue weighted by atomic mass is 35.5. The largest absolute Gasteiger partial charge is 0.370 e. The molecule has 0 saturated carbocycles. The maximum Gasteiger partial charge on any atom is 0.226 e. The Kier molecular flexibility index (Phi) is 5.04. The molecule has 0 amide bonds. The molecule has 0 radical (unpaired) electrons. The molecule has 0 atom stereocenters. The smallest absolute Gasteiger partial charge is 0.226 e. The van der Waals surface area contributed by atoms with Gasteiger partial charge in [-0.25, -0.2) is 4.98 Å². The van der Waals surface area contributed by atoms with Crippen molar-refractivity contribution >= 4 is 35.0 Å². The molecule has 0 unspecified atom stereocenters. The topological polar surface area (TPSA) is 41.1 Å². The van der Waals surface area contributed by atoms with Crippen molar-refractivity contribution in [1.29, 1.82) is 0 Å². The summed E-state index contributed by atoms with van der Waals surface area (Å²) in [4.78, 5) is 10.4. The quantitative estimate of drug-likeness (QED) is 0.917. The first-order valence-electron chi connectivity index (χ1n) is 6.24. The van der Waals surface area contributed by atoms with Crippen LogP contribution in [0.2, 0.25) is 10.0 Å². The molecule has 1 heterocycles. The molecule has 0 bridgehead atoms. The highest BCUT2D eigenvalue weighted by Gasteiger charge is 2.03. The van der Waals surface area contributed by atoms with Crippen LogP contribution in [-0.2, 0) is 6.42 Å². The Labute approximate surface area is 128 Å². The number of halogens is 2. The first-order valence-corrected chi connectivity index (χ1v) is 7.00. The second kappa shape index (κ2) is 6.77. The van der Waals surface area contributed by atoms with Gasteiger partial charge < -0.3 is 10.2 Å². The number of anilines is 2. The number of aromatic nitrogens is 2. The van der Waals surface area contributed by atoms with E-state index in [4.69, 9.17) is 23.2 Å². The fourth-order valence-corrected chi connectivity index (χ4v) is 2.21. The number of rotatable bonds is 5. The minimum absolute atomic E-state index is 0.651. The monoisotopic (exact) mass is 310 g/mol. The van der Waals surface area contributed by atoms with E-state index in [1.807, 2.05) is 37.2 Å².